The van der Waals surface area contributed by atoms with Gasteiger partial charge in [-0.05, 0) is 55.5 Å². The number of ketones is 1. The molecule has 0 saturated carbocycles. The number of amides is 1. The molecule has 4 aromatic rings. The number of nitrogens with zero attached hydrogens (tertiary/aromatic N) is 3. The molecule has 0 fully saturated rings. The molecule has 1 N–H and O–H groups in total. The fourth-order valence-corrected chi connectivity index (χ4v) is 3.63. The maximum atomic E-state index is 13.1. The quantitative estimate of drug-likeness (QED) is 0.483. The summed E-state index contributed by atoms with van der Waals surface area (Å²) in [4.78, 5) is 34.5. The Morgan fingerprint density at radius 1 is 1.10 bits per heavy atom. The fourth-order valence-electron chi connectivity index (χ4n) is 2.71. The first-order chi connectivity index (χ1) is 14.5. The summed E-state index contributed by atoms with van der Waals surface area (Å²) in [5.74, 6) is -0.228. The van der Waals surface area contributed by atoms with E-state index in [1.54, 1.807) is 48.5 Å². The monoisotopic (exact) mass is 414 g/mol. The predicted molar refractivity (Wildman–Crippen MR) is 111 cm³/mol. The molecule has 146 valence electrons. The van der Waals surface area contributed by atoms with Gasteiger partial charge in [-0.1, -0.05) is 11.3 Å². The number of aromatic nitrogens is 2. The summed E-state index contributed by atoms with van der Waals surface area (Å²) in [6, 6.07) is 15.1. The molecule has 1 amide bonds. The molecule has 0 spiro atoms. The van der Waals surface area contributed by atoms with Crippen molar-refractivity contribution in [2.24, 2.45) is 0 Å². The molecule has 3 heterocycles. The maximum Gasteiger partial charge on any atom is 0.257 e. The van der Waals surface area contributed by atoms with Crippen LogP contribution in [0.1, 0.15) is 36.9 Å². The van der Waals surface area contributed by atoms with Crippen molar-refractivity contribution >= 4 is 28.2 Å². The highest BCUT2D eigenvalue weighted by Gasteiger charge is 2.23. The molecule has 0 aliphatic heterocycles. The van der Waals surface area contributed by atoms with Gasteiger partial charge in [-0.2, -0.15) is 5.26 Å². The molecule has 0 bridgehead atoms. The smallest absolute Gasteiger partial charge is 0.257 e. The Kier molecular flexibility index (Phi) is 5.20. The largest absolute Gasteiger partial charge is 0.463 e. The van der Waals surface area contributed by atoms with Gasteiger partial charge in [0.05, 0.1) is 17.9 Å². The number of carbonyl (C=O) groups is 2. The molecule has 0 atom stereocenters. The molecule has 4 rings (SSSR count). The van der Waals surface area contributed by atoms with Crippen molar-refractivity contribution in [3.8, 4) is 17.5 Å². The number of aryl methyl sites for hydroxylation is 1. The lowest BCUT2D eigenvalue weighted by Crippen LogP contribution is -2.11. The van der Waals surface area contributed by atoms with E-state index in [0.717, 1.165) is 17.0 Å². The lowest BCUT2D eigenvalue weighted by Gasteiger charge is -2.01. The normalized spacial score (nSPS) is 10.4. The Hall–Kier alpha value is -4.09. The summed E-state index contributed by atoms with van der Waals surface area (Å²) in [5, 5.41) is 11.9. The van der Waals surface area contributed by atoms with Gasteiger partial charge in [0.1, 0.15) is 10.6 Å². The van der Waals surface area contributed by atoms with Gasteiger partial charge >= 0.3 is 0 Å². The molecule has 0 unspecified atom stereocenters. The van der Waals surface area contributed by atoms with Crippen LogP contribution in [-0.2, 0) is 0 Å². The first kappa shape index (κ1) is 19.2. The Balaban J connectivity index is 1.67. The van der Waals surface area contributed by atoms with E-state index in [1.165, 1.54) is 12.5 Å². The number of nitriles is 1. The third-order valence-corrected chi connectivity index (χ3v) is 5.23. The van der Waals surface area contributed by atoms with Crippen LogP contribution < -0.4 is 5.32 Å². The third-order valence-electron chi connectivity index (χ3n) is 4.26. The summed E-state index contributed by atoms with van der Waals surface area (Å²) in [5.41, 5.74) is 2.41. The summed E-state index contributed by atoms with van der Waals surface area (Å²) in [6.45, 7) is 1.84. The van der Waals surface area contributed by atoms with E-state index < -0.39 is 5.91 Å². The maximum absolute atomic E-state index is 13.1. The molecular weight excluding hydrogens is 400 g/mol. The fraction of sp³-hybridized carbons (Fsp3) is 0.0455. The first-order valence-electron chi connectivity index (χ1n) is 8.89. The van der Waals surface area contributed by atoms with Crippen LogP contribution >= 0.6 is 11.3 Å². The first-order valence-corrected chi connectivity index (χ1v) is 9.70. The lowest BCUT2D eigenvalue weighted by molar-refractivity contribution is 0.102. The van der Waals surface area contributed by atoms with Crippen molar-refractivity contribution in [1.82, 2.24) is 9.97 Å². The molecule has 0 saturated heterocycles. The average molecular weight is 414 g/mol. The highest BCUT2D eigenvalue weighted by Crippen LogP contribution is 2.33. The number of hydrogen-bond acceptors (Lipinski definition) is 7. The topological polar surface area (TPSA) is 109 Å². The van der Waals surface area contributed by atoms with Gasteiger partial charge < -0.3 is 4.42 Å². The van der Waals surface area contributed by atoms with E-state index in [2.05, 4.69) is 15.3 Å². The van der Waals surface area contributed by atoms with Crippen LogP contribution in [-0.4, -0.2) is 21.7 Å². The highest BCUT2D eigenvalue weighted by atomic mass is 32.1. The second kappa shape index (κ2) is 8.11. The zero-order chi connectivity index (χ0) is 21.1. The summed E-state index contributed by atoms with van der Waals surface area (Å²) in [7, 11) is 0. The Labute approximate surface area is 175 Å². The zero-order valence-electron chi connectivity index (χ0n) is 15.7. The minimum atomic E-state index is -0.393. The van der Waals surface area contributed by atoms with Crippen LogP contribution in [0.25, 0.3) is 11.5 Å². The second-order valence-electron chi connectivity index (χ2n) is 6.33. The molecule has 0 aliphatic rings. The number of nitrogens with one attached hydrogen (secondary N) is 1. The van der Waals surface area contributed by atoms with Gasteiger partial charge in [-0.3, -0.25) is 19.9 Å². The third kappa shape index (κ3) is 3.87. The van der Waals surface area contributed by atoms with E-state index in [9.17, 15) is 9.59 Å². The van der Waals surface area contributed by atoms with E-state index in [0.29, 0.717) is 33.0 Å². The number of furan rings is 1. The van der Waals surface area contributed by atoms with Crippen LogP contribution in [0.5, 0.6) is 0 Å². The van der Waals surface area contributed by atoms with Crippen molar-refractivity contribution in [2.45, 2.75) is 6.92 Å². The van der Waals surface area contributed by atoms with Crippen molar-refractivity contribution in [2.75, 3.05) is 5.32 Å². The van der Waals surface area contributed by atoms with Crippen LogP contribution in [0, 0.1) is 18.3 Å². The van der Waals surface area contributed by atoms with Gasteiger partial charge in [0, 0.05) is 23.0 Å². The number of thiazole rings is 1. The van der Waals surface area contributed by atoms with Gasteiger partial charge in [0.2, 0.25) is 5.78 Å². The van der Waals surface area contributed by atoms with Crippen LogP contribution in [0.3, 0.4) is 0 Å². The van der Waals surface area contributed by atoms with E-state index in [4.69, 9.17) is 9.68 Å². The predicted octanol–water partition coefficient (Wildman–Crippen LogP) is 4.46. The number of benzene rings is 1. The van der Waals surface area contributed by atoms with E-state index >= 15 is 0 Å². The van der Waals surface area contributed by atoms with E-state index in [1.807, 2.05) is 13.0 Å². The van der Waals surface area contributed by atoms with E-state index in [-0.39, 0.29) is 10.9 Å². The van der Waals surface area contributed by atoms with Crippen LogP contribution in [0.2, 0.25) is 0 Å². The average Bonchev–Trinajstić information content (AvgIpc) is 3.44. The minimum Gasteiger partial charge on any atom is -0.463 e. The Morgan fingerprint density at radius 3 is 2.50 bits per heavy atom. The number of carbonyl (C=O) groups excluding carboxylic acids is 2. The SMILES string of the molecule is Cc1ccc(C(=O)c2sc(NC(=O)c3ccc(C#N)cc3)nc2-c2ccco2)cn1. The summed E-state index contributed by atoms with van der Waals surface area (Å²) in [6.07, 6.45) is 3.00. The van der Waals surface area contributed by atoms with Gasteiger partial charge in [-0.15, -0.1) is 0 Å². The molecule has 1 aromatic carbocycles. The summed E-state index contributed by atoms with van der Waals surface area (Å²) < 4.78 is 5.43. The van der Waals surface area contributed by atoms with Gasteiger partial charge in [0.25, 0.3) is 5.91 Å². The number of rotatable bonds is 5. The minimum absolute atomic E-state index is 0.259. The molecule has 30 heavy (non-hydrogen) atoms. The second-order valence-corrected chi connectivity index (χ2v) is 7.33. The molecule has 0 radical (unpaired) electrons. The molecule has 8 heteroatoms. The van der Waals surface area contributed by atoms with Crippen molar-refractivity contribution in [1.29, 1.82) is 5.26 Å². The standard InChI is InChI=1S/C22H14N4O3S/c1-13-4-7-16(12-24-13)19(27)20-18(17-3-2-10-29-17)25-22(30-20)26-21(28)15-8-5-14(11-23)6-9-15/h2-10,12H,1H3,(H,25,26,28). The summed E-state index contributed by atoms with van der Waals surface area (Å²) >= 11 is 1.06. The van der Waals surface area contributed by atoms with Crippen LogP contribution in [0.4, 0.5) is 5.13 Å². The zero-order valence-corrected chi connectivity index (χ0v) is 16.6. The van der Waals surface area contributed by atoms with Crippen molar-refractivity contribution < 1.29 is 14.0 Å². The number of hydrogen-bond donors (Lipinski definition) is 1. The van der Waals surface area contributed by atoms with Crippen molar-refractivity contribution in [3.63, 3.8) is 0 Å². The molecular formula is C22H14N4O3S. The molecule has 0 aliphatic carbocycles. The van der Waals surface area contributed by atoms with Gasteiger partial charge in [-0.25, -0.2) is 4.98 Å². The van der Waals surface area contributed by atoms with Gasteiger partial charge in [0.15, 0.2) is 10.9 Å². The van der Waals surface area contributed by atoms with Crippen LogP contribution in [0.15, 0.2) is 65.4 Å². The Morgan fingerprint density at radius 2 is 1.87 bits per heavy atom. The Bertz CT molecular complexity index is 1250. The number of pyridine rings is 1. The van der Waals surface area contributed by atoms with Crippen molar-refractivity contribution in [3.05, 3.63) is 88.3 Å². The number of anilines is 1. The molecule has 3 aromatic heterocycles. The molecule has 7 nitrogen and oxygen atoms in total. The lowest BCUT2D eigenvalue weighted by atomic mass is 10.1. The highest BCUT2D eigenvalue weighted by molar-refractivity contribution is 7.18.